The molecule has 7 heteroatoms. The number of aromatic nitrogens is 1. The minimum atomic E-state index is -1.55. The number of hydrogen-bond donors (Lipinski definition) is 2. The molecule has 0 saturated heterocycles. The normalized spacial score (nSPS) is 10.4. The Morgan fingerprint density at radius 1 is 1.17 bits per heavy atom. The lowest BCUT2D eigenvalue weighted by Gasteiger charge is -2.09. The van der Waals surface area contributed by atoms with Crippen molar-refractivity contribution in [1.29, 1.82) is 0 Å². The summed E-state index contributed by atoms with van der Waals surface area (Å²) < 4.78 is 39.8. The molecule has 2 aromatic rings. The second-order valence-electron chi connectivity index (χ2n) is 3.44. The van der Waals surface area contributed by atoms with Gasteiger partial charge in [-0.2, -0.15) is 0 Å². The Morgan fingerprint density at radius 3 is 2.56 bits per heavy atom. The molecule has 0 aliphatic rings. The molecule has 18 heavy (non-hydrogen) atoms. The van der Waals surface area contributed by atoms with Gasteiger partial charge in [-0.3, -0.25) is 0 Å². The van der Waals surface area contributed by atoms with Crippen molar-refractivity contribution in [2.75, 3.05) is 11.1 Å². The molecule has 0 atom stereocenters. The molecular weight excluding hydrogens is 311 g/mol. The fourth-order valence-corrected chi connectivity index (χ4v) is 1.66. The molecule has 2 rings (SSSR count). The largest absolute Gasteiger partial charge is 0.396 e. The van der Waals surface area contributed by atoms with Crippen molar-refractivity contribution in [2.24, 2.45) is 0 Å². The molecule has 0 saturated carbocycles. The van der Waals surface area contributed by atoms with Gasteiger partial charge >= 0.3 is 0 Å². The Bertz CT molecular complexity index is 604. The minimum absolute atomic E-state index is 0.156. The molecule has 0 radical (unpaired) electrons. The molecule has 0 fully saturated rings. The van der Waals surface area contributed by atoms with Crippen molar-refractivity contribution in [2.45, 2.75) is 0 Å². The van der Waals surface area contributed by atoms with E-state index < -0.39 is 17.5 Å². The van der Waals surface area contributed by atoms with Gasteiger partial charge in [0.2, 0.25) is 0 Å². The van der Waals surface area contributed by atoms with Crippen molar-refractivity contribution < 1.29 is 13.2 Å². The standard InChI is InChI=1S/C11H7BrF3N3/c12-5-3-7(16)11(17-4-5)18-8-2-1-6(13)9(14)10(8)15/h1-4H,16H2,(H,17,18). The highest BCUT2D eigenvalue weighted by molar-refractivity contribution is 9.10. The van der Waals surface area contributed by atoms with Crippen LogP contribution in [-0.4, -0.2) is 4.98 Å². The molecule has 0 aliphatic carbocycles. The van der Waals surface area contributed by atoms with E-state index in [1.807, 2.05) is 0 Å². The first-order valence-electron chi connectivity index (χ1n) is 4.80. The maximum Gasteiger partial charge on any atom is 0.196 e. The Kier molecular flexibility index (Phi) is 3.42. The summed E-state index contributed by atoms with van der Waals surface area (Å²) >= 11 is 3.16. The van der Waals surface area contributed by atoms with E-state index in [1.165, 1.54) is 6.20 Å². The zero-order valence-electron chi connectivity index (χ0n) is 8.85. The summed E-state index contributed by atoms with van der Waals surface area (Å²) in [6.07, 6.45) is 1.44. The van der Waals surface area contributed by atoms with Gasteiger partial charge in [-0.25, -0.2) is 18.2 Å². The van der Waals surface area contributed by atoms with Gasteiger partial charge in [-0.1, -0.05) is 0 Å². The summed E-state index contributed by atoms with van der Waals surface area (Å²) in [7, 11) is 0. The summed E-state index contributed by atoms with van der Waals surface area (Å²) in [5.74, 6) is -3.97. The second kappa shape index (κ2) is 4.85. The number of nitrogens with two attached hydrogens (primary N) is 1. The monoisotopic (exact) mass is 317 g/mol. The summed E-state index contributed by atoms with van der Waals surface area (Å²) in [5.41, 5.74) is 5.65. The van der Waals surface area contributed by atoms with Crippen molar-refractivity contribution in [3.05, 3.63) is 46.3 Å². The fourth-order valence-electron chi connectivity index (χ4n) is 1.31. The second-order valence-corrected chi connectivity index (χ2v) is 4.35. The van der Waals surface area contributed by atoms with Crippen molar-refractivity contribution in [3.8, 4) is 0 Å². The Labute approximate surface area is 109 Å². The van der Waals surface area contributed by atoms with Crippen LogP contribution in [0, 0.1) is 17.5 Å². The predicted molar refractivity (Wildman–Crippen MR) is 65.9 cm³/mol. The maximum atomic E-state index is 13.4. The third kappa shape index (κ3) is 2.40. The van der Waals surface area contributed by atoms with Crippen LogP contribution in [0.15, 0.2) is 28.9 Å². The topological polar surface area (TPSA) is 50.9 Å². The molecular formula is C11H7BrF3N3. The molecule has 3 nitrogen and oxygen atoms in total. The molecule has 0 spiro atoms. The van der Waals surface area contributed by atoms with Crippen LogP contribution in [0.3, 0.4) is 0 Å². The quantitative estimate of drug-likeness (QED) is 0.832. The Balaban J connectivity index is 2.37. The van der Waals surface area contributed by atoms with E-state index in [4.69, 9.17) is 5.73 Å². The van der Waals surface area contributed by atoms with Crippen LogP contribution in [0.2, 0.25) is 0 Å². The molecule has 1 aromatic heterocycles. The average molecular weight is 318 g/mol. The SMILES string of the molecule is Nc1cc(Br)cnc1Nc1ccc(F)c(F)c1F. The third-order valence-corrected chi connectivity index (χ3v) is 2.61. The van der Waals surface area contributed by atoms with Crippen molar-refractivity contribution in [1.82, 2.24) is 4.98 Å². The van der Waals surface area contributed by atoms with Crippen LogP contribution in [0.4, 0.5) is 30.4 Å². The van der Waals surface area contributed by atoms with E-state index >= 15 is 0 Å². The minimum Gasteiger partial charge on any atom is -0.396 e. The fraction of sp³-hybridized carbons (Fsp3) is 0. The number of benzene rings is 1. The molecule has 0 unspecified atom stereocenters. The number of hydrogen-bond acceptors (Lipinski definition) is 3. The van der Waals surface area contributed by atoms with Gasteiger partial charge in [-0.15, -0.1) is 0 Å². The highest BCUT2D eigenvalue weighted by Gasteiger charge is 2.14. The number of halogens is 4. The van der Waals surface area contributed by atoms with E-state index in [1.54, 1.807) is 6.07 Å². The number of nitrogens with zero attached hydrogens (tertiary/aromatic N) is 1. The van der Waals surface area contributed by atoms with Crippen molar-refractivity contribution >= 4 is 33.1 Å². The molecule has 3 N–H and O–H groups in total. The first-order valence-corrected chi connectivity index (χ1v) is 5.60. The smallest absolute Gasteiger partial charge is 0.196 e. The molecule has 0 amide bonds. The van der Waals surface area contributed by atoms with E-state index in [0.29, 0.717) is 4.47 Å². The van der Waals surface area contributed by atoms with Crippen molar-refractivity contribution in [3.63, 3.8) is 0 Å². The lowest BCUT2D eigenvalue weighted by Crippen LogP contribution is -2.03. The molecule has 0 bridgehead atoms. The van der Waals surface area contributed by atoms with Gasteiger partial charge in [0, 0.05) is 10.7 Å². The molecule has 0 aliphatic heterocycles. The van der Waals surface area contributed by atoms with Crippen LogP contribution < -0.4 is 11.1 Å². The van der Waals surface area contributed by atoms with Crippen LogP contribution in [0.5, 0.6) is 0 Å². The van der Waals surface area contributed by atoms with Gasteiger partial charge in [0.1, 0.15) is 0 Å². The maximum absolute atomic E-state index is 13.4. The Morgan fingerprint density at radius 2 is 1.89 bits per heavy atom. The summed E-state index contributed by atoms with van der Waals surface area (Å²) in [5, 5.41) is 2.50. The van der Waals surface area contributed by atoms with Gasteiger partial charge in [0.25, 0.3) is 0 Å². The van der Waals surface area contributed by atoms with Gasteiger partial charge in [-0.05, 0) is 34.1 Å². The summed E-state index contributed by atoms with van der Waals surface area (Å²) in [6, 6.07) is 3.43. The number of nitrogen functional groups attached to an aromatic ring is 1. The lowest BCUT2D eigenvalue weighted by molar-refractivity contribution is 0.449. The lowest BCUT2D eigenvalue weighted by atomic mass is 10.2. The molecule has 94 valence electrons. The molecule has 1 heterocycles. The van der Waals surface area contributed by atoms with Crippen LogP contribution in [0.25, 0.3) is 0 Å². The Hall–Kier alpha value is -1.76. The van der Waals surface area contributed by atoms with Gasteiger partial charge in [0.05, 0.1) is 11.4 Å². The van der Waals surface area contributed by atoms with E-state index in [-0.39, 0.29) is 17.2 Å². The number of pyridine rings is 1. The molecule has 1 aromatic carbocycles. The third-order valence-electron chi connectivity index (χ3n) is 2.17. The van der Waals surface area contributed by atoms with E-state index in [9.17, 15) is 13.2 Å². The van der Waals surface area contributed by atoms with Crippen LogP contribution >= 0.6 is 15.9 Å². The van der Waals surface area contributed by atoms with Gasteiger partial charge in [0.15, 0.2) is 23.3 Å². The highest BCUT2D eigenvalue weighted by Crippen LogP contribution is 2.26. The number of nitrogens with one attached hydrogen (secondary N) is 1. The zero-order chi connectivity index (χ0) is 13.3. The van der Waals surface area contributed by atoms with E-state index in [2.05, 4.69) is 26.2 Å². The van der Waals surface area contributed by atoms with Gasteiger partial charge < -0.3 is 11.1 Å². The first kappa shape index (κ1) is 12.7. The number of rotatable bonds is 2. The summed E-state index contributed by atoms with van der Waals surface area (Å²) in [4.78, 5) is 3.90. The van der Waals surface area contributed by atoms with Crippen LogP contribution in [-0.2, 0) is 0 Å². The summed E-state index contributed by atoms with van der Waals surface area (Å²) in [6.45, 7) is 0. The number of anilines is 3. The highest BCUT2D eigenvalue weighted by atomic mass is 79.9. The first-order chi connectivity index (χ1) is 8.49. The van der Waals surface area contributed by atoms with Crippen LogP contribution in [0.1, 0.15) is 0 Å². The van der Waals surface area contributed by atoms with E-state index in [0.717, 1.165) is 12.1 Å². The zero-order valence-corrected chi connectivity index (χ0v) is 10.4. The predicted octanol–water partition coefficient (Wildman–Crippen LogP) is 3.59. The average Bonchev–Trinajstić information content (AvgIpc) is 2.33.